The van der Waals surface area contributed by atoms with Crippen LogP contribution in [0.3, 0.4) is 0 Å². The highest BCUT2D eigenvalue weighted by Crippen LogP contribution is 2.21. The number of hydrogen-bond acceptors (Lipinski definition) is 3. The molecule has 1 amide bonds. The van der Waals surface area contributed by atoms with E-state index >= 15 is 0 Å². The van der Waals surface area contributed by atoms with Gasteiger partial charge in [-0.3, -0.25) is 0 Å². The summed E-state index contributed by atoms with van der Waals surface area (Å²) in [4.78, 5) is 13.7. The van der Waals surface area contributed by atoms with Crippen molar-refractivity contribution in [2.75, 3.05) is 13.7 Å². The third-order valence-corrected chi connectivity index (χ3v) is 2.50. The van der Waals surface area contributed by atoms with E-state index in [0.29, 0.717) is 6.42 Å². The van der Waals surface area contributed by atoms with E-state index in [9.17, 15) is 4.79 Å². The summed E-state index contributed by atoms with van der Waals surface area (Å²) in [7, 11) is 1.63. The van der Waals surface area contributed by atoms with Gasteiger partial charge in [-0.25, -0.2) is 4.79 Å². The molecule has 0 saturated heterocycles. The van der Waals surface area contributed by atoms with E-state index in [1.165, 1.54) is 0 Å². The first-order valence-corrected chi connectivity index (χ1v) is 5.27. The number of primary amides is 1. The molecule has 5 nitrogen and oxygen atoms in total. The Hall–Kier alpha value is -2.17. The van der Waals surface area contributed by atoms with Gasteiger partial charge in [0.2, 0.25) is 0 Å². The van der Waals surface area contributed by atoms with Crippen LogP contribution in [0, 0.1) is 0 Å². The van der Waals surface area contributed by atoms with Crippen molar-refractivity contribution in [1.82, 2.24) is 4.98 Å². The summed E-state index contributed by atoms with van der Waals surface area (Å²) in [6.45, 7) is 0.277. The summed E-state index contributed by atoms with van der Waals surface area (Å²) in [6.07, 6.45) is -0.136. The highest BCUT2D eigenvalue weighted by molar-refractivity contribution is 5.81. The van der Waals surface area contributed by atoms with Crippen molar-refractivity contribution in [3.8, 4) is 5.75 Å². The average Bonchev–Trinajstić information content (AvgIpc) is 2.69. The largest absolute Gasteiger partial charge is 0.497 e. The van der Waals surface area contributed by atoms with Crippen LogP contribution in [0.2, 0.25) is 0 Å². The van der Waals surface area contributed by atoms with Crippen LogP contribution in [0.4, 0.5) is 4.79 Å². The molecule has 0 bridgehead atoms. The van der Waals surface area contributed by atoms with Gasteiger partial charge < -0.3 is 20.2 Å². The minimum atomic E-state index is -0.747. The molecule has 3 N–H and O–H groups in total. The summed E-state index contributed by atoms with van der Waals surface area (Å²) < 4.78 is 9.82. The van der Waals surface area contributed by atoms with Crippen molar-refractivity contribution in [2.45, 2.75) is 6.42 Å². The minimum Gasteiger partial charge on any atom is -0.497 e. The molecule has 17 heavy (non-hydrogen) atoms. The molecule has 0 aliphatic rings. The Balaban J connectivity index is 2.11. The van der Waals surface area contributed by atoms with Gasteiger partial charge in [0.05, 0.1) is 13.7 Å². The molecule has 0 spiro atoms. The first-order valence-electron chi connectivity index (χ1n) is 5.27. The van der Waals surface area contributed by atoms with Crippen molar-refractivity contribution in [3.63, 3.8) is 0 Å². The first kappa shape index (κ1) is 11.3. The fourth-order valence-electron chi connectivity index (χ4n) is 1.69. The lowest BCUT2D eigenvalue weighted by Crippen LogP contribution is -2.14. The molecule has 90 valence electrons. The smallest absolute Gasteiger partial charge is 0.404 e. The Bertz CT molecular complexity index is 534. The number of H-pyrrole nitrogens is 1. The van der Waals surface area contributed by atoms with Crippen LogP contribution in [0.1, 0.15) is 5.69 Å². The minimum absolute atomic E-state index is 0.277. The van der Waals surface area contributed by atoms with Crippen LogP contribution in [-0.2, 0) is 11.2 Å². The number of aromatic nitrogens is 1. The molecule has 0 aliphatic heterocycles. The normalized spacial score (nSPS) is 10.4. The Morgan fingerprint density at radius 3 is 2.94 bits per heavy atom. The van der Waals surface area contributed by atoms with Gasteiger partial charge in [-0.1, -0.05) is 0 Å². The SMILES string of the molecule is COc1ccc2cc(CCOC(N)=O)[nH]c2c1. The Kier molecular flexibility index (Phi) is 3.18. The number of fused-ring (bicyclic) bond motifs is 1. The molecular formula is C12H14N2O3. The van der Waals surface area contributed by atoms with E-state index < -0.39 is 6.09 Å². The number of benzene rings is 1. The summed E-state index contributed by atoms with van der Waals surface area (Å²) >= 11 is 0. The number of carbonyl (C=O) groups excluding carboxylic acids is 1. The molecule has 2 rings (SSSR count). The maximum Gasteiger partial charge on any atom is 0.404 e. The molecule has 0 atom stereocenters. The number of nitrogens with two attached hydrogens (primary N) is 1. The number of methoxy groups -OCH3 is 1. The number of nitrogens with one attached hydrogen (secondary N) is 1. The fourth-order valence-corrected chi connectivity index (χ4v) is 1.69. The lowest BCUT2D eigenvalue weighted by Gasteiger charge is -1.99. The monoisotopic (exact) mass is 234 g/mol. The van der Waals surface area contributed by atoms with Gasteiger partial charge >= 0.3 is 6.09 Å². The van der Waals surface area contributed by atoms with Crippen LogP contribution in [-0.4, -0.2) is 24.8 Å². The lowest BCUT2D eigenvalue weighted by molar-refractivity contribution is 0.158. The van der Waals surface area contributed by atoms with Crippen LogP contribution >= 0.6 is 0 Å². The fraction of sp³-hybridized carbons (Fsp3) is 0.250. The van der Waals surface area contributed by atoms with Gasteiger partial charge in [-0.15, -0.1) is 0 Å². The maximum atomic E-state index is 10.4. The molecule has 5 heteroatoms. The molecule has 0 saturated carbocycles. The lowest BCUT2D eigenvalue weighted by atomic mass is 10.2. The molecule has 1 aromatic heterocycles. The summed E-state index contributed by atoms with van der Waals surface area (Å²) in [5.74, 6) is 0.805. The van der Waals surface area contributed by atoms with Crippen LogP contribution in [0.15, 0.2) is 24.3 Å². The van der Waals surface area contributed by atoms with Gasteiger partial charge in [0, 0.05) is 23.7 Å². The summed E-state index contributed by atoms with van der Waals surface area (Å²) in [5.41, 5.74) is 6.88. The maximum absolute atomic E-state index is 10.4. The molecule has 0 radical (unpaired) electrons. The number of carbonyl (C=O) groups is 1. The third-order valence-electron chi connectivity index (χ3n) is 2.50. The zero-order chi connectivity index (χ0) is 12.3. The molecule has 1 aromatic carbocycles. The summed E-state index contributed by atoms with van der Waals surface area (Å²) in [6, 6.07) is 7.82. The second-order valence-electron chi connectivity index (χ2n) is 3.67. The van der Waals surface area contributed by atoms with Gasteiger partial charge in [0.1, 0.15) is 5.75 Å². The van der Waals surface area contributed by atoms with Gasteiger partial charge in [0.25, 0.3) is 0 Å². The van der Waals surface area contributed by atoms with Crippen molar-refractivity contribution in [1.29, 1.82) is 0 Å². The number of ether oxygens (including phenoxy) is 2. The quantitative estimate of drug-likeness (QED) is 0.846. The third kappa shape index (κ3) is 2.69. The second-order valence-corrected chi connectivity index (χ2v) is 3.67. The molecule has 1 heterocycles. The average molecular weight is 234 g/mol. The van der Waals surface area contributed by atoms with Crippen LogP contribution < -0.4 is 10.5 Å². The predicted octanol–water partition coefficient (Wildman–Crippen LogP) is 1.81. The van der Waals surface area contributed by atoms with Crippen molar-refractivity contribution in [2.24, 2.45) is 5.73 Å². The van der Waals surface area contributed by atoms with Gasteiger partial charge in [0.15, 0.2) is 0 Å². The summed E-state index contributed by atoms with van der Waals surface area (Å²) in [5, 5.41) is 1.10. The first-order chi connectivity index (χ1) is 8.19. The van der Waals surface area contributed by atoms with Crippen LogP contribution in [0.5, 0.6) is 5.75 Å². The van der Waals surface area contributed by atoms with E-state index in [4.69, 9.17) is 10.5 Å². The Morgan fingerprint density at radius 1 is 1.41 bits per heavy atom. The van der Waals surface area contributed by atoms with Gasteiger partial charge in [-0.05, 0) is 23.6 Å². The zero-order valence-electron chi connectivity index (χ0n) is 9.53. The van der Waals surface area contributed by atoms with Gasteiger partial charge in [-0.2, -0.15) is 0 Å². The Morgan fingerprint density at radius 2 is 2.24 bits per heavy atom. The van der Waals surface area contributed by atoms with E-state index in [1.807, 2.05) is 24.3 Å². The van der Waals surface area contributed by atoms with E-state index in [0.717, 1.165) is 22.3 Å². The van der Waals surface area contributed by atoms with Crippen molar-refractivity contribution < 1.29 is 14.3 Å². The highest BCUT2D eigenvalue weighted by Gasteiger charge is 2.03. The van der Waals surface area contributed by atoms with Crippen molar-refractivity contribution >= 4 is 17.0 Å². The topological polar surface area (TPSA) is 77.3 Å². The highest BCUT2D eigenvalue weighted by atomic mass is 16.5. The van der Waals surface area contributed by atoms with E-state index in [1.54, 1.807) is 7.11 Å². The van der Waals surface area contributed by atoms with Crippen LogP contribution in [0.25, 0.3) is 10.9 Å². The second kappa shape index (κ2) is 4.78. The molecule has 0 unspecified atom stereocenters. The molecular weight excluding hydrogens is 220 g/mol. The molecule has 0 aliphatic carbocycles. The predicted molar refractivity (Wildman–Crippen MR) is 64.1 cm³/mol. The number of rotatable bonds is 4. The van der Waals surface area contributed by atoms with Crippen molar-refractivity contribution in [3.05, 3.63) is 30.0 Å². The number of aromatic amines is 1. The standard InChI is InChI=1S/C12H14N2O3/c1-16-10-3-2-8-6-9(14-11(8)7-10)4-5-17-12(13)15/h2-3,6-7,14H,4-5H2,1H3,(H2,13,15). The molecule has 2 aromatic rings. The van der Waals surface area contributed by atoms with E-state index in [2.05, 4.69) is 9.72 Å². The number of amides is 1. The Labute approximate surface area is 98.5 Å². The van der Waals surface area contributed by atoms with E-state index in [-0.39, 0.29) is 6.61 Å². The zero-order valence-corrected chi connectivity index (χ0v) is 9.53. The molecule has 0 fully saturated rings. The number of hydrogen-bond donors (Lipinski definition) is 2.